The van der Waals surface area contributed by atoms with E-state index in [4.69, 9.17) is 0 Å². The van der Waals surface area contributed by atoms with E-state index in [1.165, 1.54) is 11.3 Å². The van der Waals surface area contributed by atoms with Crippen LogP contribution in [0.4, 0.5) is 10.8 Å². The molecule has 0 bridgehead atoms. The summed E-state index contributed by atoms with van der Waals surface area (Å²) >= 11 is 1.24. The van der Waals surface area contributed by atoms with Gasteiger partial charge in [-0.15, -0.1) is 10.2 Å². The maximum Gasteiger partial charge on any atom is 0.244 e. The molecule has 1 heterocycles. The number of rotatable bonds is 9. The lowest BCUT2D eigenvalue weighted by molar-refractivity contribution is -0.118. The first kappa shape index (κ1) is 27.8. The SMILES string of the molecule is CC[C@@H](C)[C@H](NS(=O)(=O)c1ccc(C(C)(C)C)cc1)C(=O)Nc1nnc(-c2ccc(N(C)C)cc2)s1. The average molecular weight is 530 g/mol. The zero-order chi connectivity index (χ0) is 26.7. The number of carbonyl (C=O) groups excluding carboxylic acids is 1. The Balaban J connectivity index is 1.76. The van der Waals surface area contributed by atoms with Gasteiger partial charge in [-0.3, -0.25) is 10.1 Å². The van der Waals surface area contributed by atoms with E-state index in [0.717, 1.165) is 16.8 Å². The quantitative estimate of drug-likeness (QED) is 0.409. The number of nitrogens with zero attached hydrogens (tertiary/aromatic N) is 3. The first-order valence-electron chi connectivity index (χ1n) is 11.9. The normalized spacial score (nSPS) is 13.8. The van der Waals surface area contributed by atoms with Gasteiger partial charge < -0.3 is 4.90 Å². The van der Waals surface area contributed by atoms with E-state index in [-0.39, 0.29) is 16.2 Å². The van der Waals surface area contributed by atoms with Crippen molar-refractivity contribution in [1.29, 1.82) is 0 Å². The molecule has 0 aliphatic carbocycles. The molecular weight excluding hydrogens is 494 g/mol. The molecule has 10 heteroatoms. The van der Waals surface area contributed by atoms with Gasteiger partial charge >= 0.3 is 0 Å². The Morgan fingerprint density at radius 3 is 2.17 bits per heavy atom. The van der Waals surface area contributed by atoms with E-state index < -0.39 is 22.0 Å². The average Bonchev–Trinajstić information content (AvgIpc) is 3.30. The van der Waals surface area contributed by atoms with Crippen molar-refractivity contribution in [3.63, 3.8) is 0 Å². The van der Waals surface area contributed by atoms with Crippen LogP contribution in [0.15, 0.2) is 53.4 Å². The molecule has 0 saturated carbocycles. The predicted molar refractivity (Wildman–Crippen MR) is 147 cm³/mol. The zero-order valence-corrected chi connectivity index (χ0v) is 23.5. The van der Waals surface area contributed by atoms with Crippen LogP contribution in [-0.4, -0.2) is 44.7 Å². The maximum absolute atomic E-state index is 13.2. The van der Waals surface area contributed by atoms with E-state index in [9.17, 15) is 13.2 Å². The minimum Gasteiger partial charge on any atom is -0.378 e. The van der Waals surface area contributed by atoms with Gasteiger partial charge in [0.2, 0.25) is 21.1 Å². The summed E-state index contributed by atoms with van der Waals surface area (Å²) in [4.78, 5) is 15.3. The number of carbonyl (C=O) groups is 1. The van der Waals surface area contributed by atoms with Crippen LogP contribution in [0.3, 0.4) is 0 Å². The molecule has 8 nitrogen and oxygen atoms in total. The van der Waals surface area contributed by atoms with Crippen LogP contribution in [0.25, 0.3) is 10.6 Å². The summed E-state index contributed by atoms with van der Waals surface area (Å²) in [6, 6.07) is 13.7. The van der Waals surface area contributed by atoms with Crippen molar-refractivity contribution in [2.45, 2.75) is 57.4 Å². The Hall–Kier alpha value is -2.82. The molecule has 0 unspecified atom stereocenters. The second kappa shape index (κ2) is 11.1. The van der Waals surface area contributed by atoms with Crippen LogP contribution in [0, 0.1) is 5.92 Å². The molecule has 36 heavy (non-hydrogen) atoms. The lowest BCUT2D eigenvalue weighted by atomic mass is 9.87. The van der Waals surface area contributed by atoms with E-state index in [1.54, 1.807) is 24.3 Å². The van der Waals surface area contributed by atoms with Crippen molar-refractivity contribution in [1.82, 2.24) is 14.9 Å². The number of nitrogens with one attached hydrogen (secondary N) is 2. The highest BCUT2D eigenvalue weighted by molar-refractivity contribution is 7.89. The fourth-order valence-corrected chi connectivity index (χ4v) is 5.56. The minimum absolute atomic E-state index is 0.0934. The first-order valence-corrected chi connectivity index (χ1v) is 14.2. The lowest BCUT2D eigenvalue weighted by Crippen LogP contribution is -2.47. The summed E-state index contributed by atoms with van der Waals surface area (Å²) < 4.78 is 28.9. The van der Waals surface area contributed by atoms with Gasteiger partial charge in [-0.25, -0.2) is 8.42 Å². The third-order valence-electron chi connectivity index (χ3n) is 6.09. The van der Waals surface area contributed by atoms with Gasteiger partial charge in [-0.1, -0.05) is 64.5 Å². The van der Waals surface area contributed by atoms with E-state index in [0.29, 0.717) is 16.6 Å². The van der Waals surface area contributed by atoms with Crippen LogP contribution >= 0.6 is 11.3 Å². The molecule has 0 spiro atoms. The molecule has 1 aromatic heterocycles. The summed E-state index contributed by atoms with van der Waals surface area (Å²) in [6.07, 6.45) is 0.614. The number of sulfonamides is 1. The summed E-state index contributed by atoms with van der Waals surface area (Å²) in [5.74, 6) is -0.704. The number of hydrogen-bond acceptors (Lipinski definition) is 7. The zero-order valence-electron chi connectivity index (χ0n) is 21.9. The number of anilines is 2. The predicted octanol–water partition coefficient (Wildman–Crippen LogP) is 4.90. The van der Waals surface area contributed by atoms with Gasteiger partial charge in [-0.05, 0) is 53.3 Å². The van der Waals surface area contributed by atoms with Crippen molar-refractivity contribution in [3.8, 4) is 10.6 Å². The van der Waals surface area contributed by atoms with E-state index in [1.807, 2.05) is 57.1 Å². The van der Waals surface area contributed by atoms with Gasteiger partial charge in [0.05, 0.1) is 4.90 Å². The number of aromatic nitrogens is 2. The highest BCUT2D eigenvalue weighted by atomic mass is 32.2. The molecule has 0 aliphatic rings. The van der Waals surface area contributed by atoms with Crippen molar-refractivity contribution < 1.29 is 13.2 Å². The second-order valence-corrected chi connectivity index (χ2v) is 12.8. The lowest BCUT2D eigenvalue weighted by Gasteiger charge is -2.23. The largest absolute Gasteiger partial charge is 0.378 e. The second-order valence-electron chi connectivity index (χ2n) is 10.1. The summed E-state index contributed by atoms with van der Waals surface area (Å²) in [7, 11) is 0.0269. The van der Waals surface area contributed by atoms with E-state index in [2.05, 4.69) is 41.0 Å². The topological polar surface area (TPSA) is 104 Å². The van der Waals surface area contributed by atoms with Crippen molar-refractivity contribution in [2.75, 3.05) is 24.3 Å². The smallest absolute Gasteiger partial charge is 0.244 e. The fraction of sp³-hybridized carbons (Fsp3) is 0.423. The Bertz CT molecular complexity index is 1280. The van der Waals surface area contributed by atoms with Gasteiger partial charge in [0, 0.05) is 25.3 Å². The molecule has 0 fully saturated rings. The van der Waals surface area contributed by atoms with Crippen LogP contribution in [-0.2, 0) is 20.2 Å². The fourth-order valence-electron chi connectivity index (χ4n) is 3.51. The van der Waals surface area contributed by atoms with Gasteiger partial charge in [-0.2, -0.15) is 4.72 Å². The minimum atomic E-state index is -3.91. The standard InChI is InChI=1S/C26H35N5O3S2/c1-8-17(2)22(30-36(33,34)21-15-11-19(12-16-21)26(3,4)5)23(32)27-25-29-28-24(35-25)18-9-13-20(14-10-18)31(6)7/h9-17,22,30H,8H2,1-7H3,(H,27,29,32)/t17-,22+/m1/s1. The summed E-state index contributed by atoms with van der Waals surface area (Å²) in [5, 5.41) is 12.0. The number of benzene rings is 2. The third kappa shape index (κ3) is 6.68. The molecule has 3 aromatic rings. The molecule has 2 aromatic carbocycles. The Kier molecular flexibility index (Phi) is 8.53. The van der Waals surface area contributed by atoms with Crippen LogP contribution in [0.2, 0.25) is 0 Å². The number of amides is 1. The Morgan fingerprint density at radius 2 is 1.64 bits per heavy atom. The monoisotopic (exact) mass is 529 g/mol. The Morgan fingerprint density at radius 1 is 1.03 bits per heavy atom. The number of hydrogen-bond donors (Lipinski definition) is 2. The highest BCUT2D eigenvalue weighted by Crippen LogP contribution is 2.28. The molecular formula is C26H35N5O3S2. The van der Waals surface area contributed by atoms with Gasteiger partial charge in [0.15, 0.2) is 0 Å². The molecule has 0 aliphatic heterocycles. The molecule has 0 radical (unpaired) electrons. The van der Waals surface area contributed by atoms with E-state index >= 15 is 0 Å². The Labute approximate surface area is 218 Å². The highest BCUT2D eigenvalue weighted by Gasteiger charge is 2.30. The molecule has 2 N–H and O–H groups in total. The van der Waals surface area contributed by atoms with Crippen molar-refractivity contribution in [2.24, 2.45) is 5.92 Å². The molecule has 3 rings (SSSR count). The van der Waals surface area contributed by atoms with Crippen LogP contribution in [0.1, 0.15) is 46.6 Å². The summed E-state index contributed by atoms with van der Waals surface area (Å²) in [5.41, 5.74) is 2.88. The molecule has 194 valence electrons. The third-order valence-corrected chi connectivity index (χ3v) is 8.44. The summed E-state index contributed by atoms with van der Waals surface area (Å²) in [6.45, 7) is 9.95. The van der Waals surface area contributed by atoms with Crippen LogP contribution in [0.5, 0.6) is 0 Å². The molecule has 2 atom stereocenters. The maximum atomic E-state index is 13.2. The molecule has 1 amide bonds. The van der Waals surface area contributed by atoms with Crippen LogP contribution < -0.4 is 14.9 Å². The van der Waals surface area contributed by atoms with Crippen molar-refractivity contribution in [3.05, 3.63) is 54.1 Å². The molecule has 0 saturated heterocycles. The van der Waals surface area contributed by atoms with Crippen molar-refractivity contribution >= 4 is 38.1 Å². The first-order chi connectivity index (χ1) is 16.8. The van der Waals surface area contributed by atoms with Gasteiger partial charge in [0.1, 0.15) is 11.0 Å². The van der Waals surface area contributed by atoms with Gasteiger partial charge in [0.25, 0.3) is 0 Å².